The Bertz CT molecular complexity index is 1470. The number of rotatable bonds is 18. The number of fused-ring (bicyclic) bond motifs is 3. The first-order valence-electron chi connectivity index (χ1n) is 17.7. The van der Waals surface area contributed by atoms with E-state index in [1.54, 1.807) is 4.90 Å². The van der Waals surface area contributed by atoms with Gasteiger partial charge in [-0.05, 0) is 88.1 Å². The summed E-state index contributed by atoms with van der Waals surface area (Å²) in [7, 11) is 0. The molecule has 50 heavy (non-hydrogen) atoms. The highest BCUT2D eigenvalue weighted by Crippen LogP contribution is 2.44. The predicted molar refractivity (Wildman–Crippen MR) is 194 cm³/mol. The third-order valence-corrected chi connectivity index (χ3v) is 8.42. The van der Waals surface area contributed by atoms with Gasteiger partial charge < -0.3 is 34.5 Å². The van der Waals surface area contributed by atoms with Crippen LogP contribution in [0.5, 0.6) is 0 Å². The van der Waals surface area contributed by atoms with Gasteiger partial charge in [0.05, 0.1) is 6.54 Å². The number of nitrogens with zero attached hydrogens (tertiary/aromatic N) is 1. The summed E-state index contributed by atoms with van der Waals surface area (Å²) in [5.74, 6) is -0.360. The SMILES string of the molecule is CCOC(CN(CCc1ccccc1)C(=O)[C@H](CCCCNC(=O)OC(C)(C)C)NC(=O)OCC1c2ccccc2-c2ccccc21)OCC. The molecule has 0 radical (unpaired) electrons. The summed E-state index contributed by atoms with van der Waals surface area (Å²) < 4.78 is 22.8. The standard InChI is InChI=1S/C40H53N3O7/c1-6-47-36(48-7-2)27-43(26-24-29-17-9-8-10-18-29)37(44)35(23-15-16-25-41-38(45)50-40(3,4)5)42-39(46)49-28-34-32-21-13-11-19-30(32)31-20-12-14-22-33(31)34/h8-14,17-22,34-36H,6-7,15-16,23-28H2,1-5H3,(H,41,45)(H,42,46)/t35-/m0/s1. The summed E-state index contributed by atoms with van der Waals surface area (Å²) in [5, 5.41) is 5.65. The predicted octanol–water partition coefficient (Wildman–Crippen LogP) is 7.06. The van der Waals surface area contributed by atoms with Crippen molar-refractivity contribution in [3.63, 3.8) is 0 Å². The van der Waals surface area contributed by atoms with Crippen LogP contribution in [0.4, 0.5) is 9.59 Å². The number of carbonyl (C=O) groups is 3. The maximum atomic E-state index is 14.3. The molecular formula is C40H53N3O7. The van der Waals surface area contributed by atoms with Crippen molar-refractivity contribution in [1.82, 2.24) is 15.5 Å². The second-order valence-electron chi connectivity index (χ2n) is 13.3. The lowest BCUT2D eigenvalue weighted by molar-refractivity contribution is -0.160. The molecule has 3 aromatic carbocycles. The molecule has 1 atom stereocenters. The third kappa shape index (κ3) is 11.6. The molecule has 0 heterocycles. The van der Waals surface area contributed by atoms with Crippen LogP contribution in [0.3, 0.4) is 0 Å². The number of amides is 3. The monoisotopic (exact) mass is 687 g/mol. The zero-order valence-electron chi connectivity index (χ0n) is 30.1. The quantitative estimate of drug-likeness (QED) is 0.109. The van der Waals surface area contributed by atoms with E-state index in [1.165, 1.54) is 0 Å². The maximum absolute atomic E-state index is 14.3. The lowest BCUT2D eigenvalue weighted by Crippen LogP contribution is -2.51. The van der Waals surface area contributed by atoms with Crippen LogP contribution < -0.4 is 10.6 Å². The highest BCUT2D eigenvalue weighted by molar-refractivity contribution is 5.86. The van der Waals surface area contributed by atoms with Crippen molar-refractivity contribution in [3.05, 3.63) is 95.6 Å². The molecule has 0 bridgehead atoms. The second kappa shape index (κ2) is 19.1. The molecular weight excluding hydrogens is 634 g/mol. The van der Waals surface area contributed by atoms with Gasteiger partial charge in [0.2, 0.25) is 5.91 Å². The largest absolute Gasteiger partial charge is 0.449 e. The molecule has 0 unspecified atom stereocenters. The molecule has 1 aliphatic rings. The van der Waals surface area contributed by atoms with Crippen molar-refractivity contribution < 1.29 is 33.3 Å². The Hall–Kier alpha value is -4.41. The number of nitrogens with one attached hydrogen (secondary N) is 2. The molecule has 0 aliphatic heterocycles. The van der Waals surface area contributed by atoms with E-state index in [4.69, 9.17) is 18.9 Å². The van der Waals surface area contributed by atoms with Gasteiger partial charge in [-0.3, -0.25) is 4.79 Å². The number of unbranched alkanes of at least 4 members (excludes halogenated alkanes) is 1. The van der Waals surface area contributed by atoms with Crippen LogP contribution in [-0.4, -0.2) is 80.4 Å². The van der Waals surface area contributed by atoms with Crippen LogP contribution in [0.2, 0.25) is 0 Å². The summed E-state index contributed by atoms with van der Waals surface area (Å²) in [6.45, 7) is 11.2. The van der Waals surface area contributed by atoms with Crippen molar-refractivity contribution in [1.29, 1.82) is 0 Å². The highest BCUT2D eigenvalue weighted by atomic mass is 16.7. The minimum Gasteiger partial charge on any atom is -0.449 e. The van der Waals surface area contributed by atoms with E-state index in [1.807, 2.05) is 89.2 Å². The first-order valence-corrected chi connectivity index (χ1v) is 17.7. The smallest absolute Gasteiger partial charge is 0.407 e. The molecule has 270 valence electrons. The van der Waals surface area contributed by atoms with Gasteiger partial charge in [0.15, 0.2) is 6.29 Å². The molecule has 4 rings (SSSR count). The maximum Gasteiger partial charge on any atom is 0.407 e. The van der Waals surface area contributed by atoms with E-state index >= 15 is 0 Å². The number of hydrogen-bond donors (Lipinski definition) is 2. The minimum absolute atomic E-state index is 0.109. The molecule has 0 fully saturated rings. The summed E-state index contributed by atoms with van der Waals surface area (Å²) in [6, 6.07) is 25.4. The van der Waals surface area contributed by atoms with Crippen LogP contribution in [0.25, 0.3) is 11.1 Å². The van der Waals surface area contributed by atoms with Gasteiger partial charge in [-0.1, -0.05) is 78.9 Å². The molecule has 0 spiro atoms. The molecule has 0 saturated heterocycles. The van der Waals surface area contributed by atoms with Gasteiger partial charge in [-0.25, -0.2) is 9.59 Å². The van der Waals surface area contributed by atoms with Crippen LogP contribution in [-0.2, 0) is 30.2 Å². The van der Waals surface area contributed by atoms with Gasteiger partial charge in [0.1, 0.15) is 18.2 Å². The van der Waals surface area contributed by atoms with Crippen LogP contribution >= 0.6 is 0 Å². The second-order valence-corrected chi connectivity index (χ2v) is 13.3. The van der Waals surface area contributed by atoms with Crippen molar-refractivity contribution >= 4 is 18.1 Å². The first kappa shape index (κ1) is 38.4. The Kier molecular flexibility index (Phi) is 14.7. The van der Waals surface area contributed by atoms with Crippen molar-refractivity contribution in [2.75, 3.05) is 39.5 Å². The molecule has 3 amide bonds. The summed E-state index contributed by atoms with van der Waals surface area (Å²) in [4.78, 5) is 41.6. The average molecular weight is 688 g/mol. The molecule has 10 heteroatoms. The average Bonchev–Trinajstić information content (AvgIpc) is 3.41. The Morgan fingerprint density at radius 2 is 1.40 bits per heavy atom. The van der Waals surface area contributed by atoms with E-state index < -0.39 is 30.1 Å². The molecule has 0 aromatic heterocycles. The molecule has 0 saturated carbocycles. The lowest BCUT2D eigenvalue weighted by Gasteiger charge is -2.31. The fourth-order valence-corrected chi connectivity index (χ4v) is 6.14. The van der Waals surface area contributed by atoms with E-state index in [2.05, 4.69) is 34.9 Å². The molecule has 3 aromatic rings. The minimum atomic E-state index is -0.869. The summed E-state index contributed by atoms with van der Waals surface area (Å²) >= 11 is 0. The van der Waals surface area contributed by atoms with Crippen molar-refractivity contribution in [2.24, 2.45) is 0 Å². The molecule has 1 aliphatic carbocycles. The first-order chi connectivity index (χ1) is 24.1. The fourth-order valence-electron chi connectivity index (χ4n) is 6.14. The Balaban J connectivity index is 1.47. The topological polar surface area (TPSA) is 115 Å². The van der Waals surface area contributed by atoms with E-state index in [0.717, 1.165) is 27.8 Å². The molecule has 2 N–H and O–H groups in total. The van der Waals surface area contributed by atoms with Gasteiger partial charge in [-0.15, -0.1) is 0 Å². The number of benzene rings is 3. The van der Waals surface area contributed by atoms with Crippen LogP contribution in [0.15, 0.2) is 78.9 Å². The number of ether oxygens (including phenoxy) is 4. The summed E-state index contributed by atoms with van der Waals surface area (Å²) in [6.07, 6.45) is 0.336. The van der Waals surface area contributed by atoms with Gasteiger partial charge in [0.25, 0.3) is 0 Å². The van der Waals surface area contributed by atoms with Crippen LogP contribution in [0, 0.1) is 0 Å². The molecule has 10 nitrogen and oxygen atoms in total. The number of hydrogen-bond acceptors (Lipinski definition) is 7. The van der Waals surface area contributed by atoms with Crippen molar-refractivity contribution in [3.8, 4) is 11.1 Å². The van der Waals surface area contributed by atoms with Gasteiger partial charge in [-0.2, -0.15) is 0 Å². The summed E-state index contributed by atoms with van der Waals surface area (Å²) in [5.41, 5.74) is 4.98. The highest BCUT2D eigenvalue weighted by Gasteiger charge is 2.31. The Morgan fingerprint density at radius 3 is 2.00 bits per heavy atom. The van der Waals surface area contributed by atoms with E-state index in [-0.39, 0.29) is 25.0 Å². The van der Waals surface area contributed by atoms with Crippen LogP contribution in [0.1, 0.15) is 76.5 Å². The van der Waals surface area contributed by atoms with Crippen molar-refractivity contribution in [2.45, 2.75) is 84.2 Å². The van der Waals surface area contributed by atoms with Gasteiger partial charge >= 0.3 is 12.2 Å². The van der Waals surface area contributed by atoms with Gasteiger partial charge in [0, 0.05) is 32.2 Å². The zero-order valence-corrected chi connectivity index (χ0v) is 30.1. The lowest BCUT2D eigenvalue weighted by atomic mass is 9.98. The zero-order chi connectivity index (χ0) is 35.9. The third-order valence-electron chi connectivity index (χ3n) is 8.42. The number of alkyl carbamates (subject to hydrolysis) is 2. The van der Waals surface area contributed by atoms with E-state index in [0.29, 0.717) is 52.0 Å². The fraction of sp³-hybridized carbons (Fsp3) is 0.475. The Labute approximate surface area is 296 Å². The normalized spacial score (nSPS) is 12.9. The Morgan fingerprint density at radius 1 is 0.800 bits per heavy atom. The number of carbonyl (C=O) groups excluding carboxylic acids is 3. The van der Waals surface area contributed by atoms with E-state index in [9.17, 15) is 14.4 Å².